The molecule has 0 N–H and O–H groups in total. The van der Waals surface area contributed by atoms with Crippen LogP contribution in [0.4, 0.5) is 34.1 Å². The van der Waals surface area contributed by atoms with Crippen molar-refractivity contribution in [2.45, 2.75) is 21.7 Å². The minimum absolute atomic E-state index is 0.592. The Morgan fingerprint density at radius 1 is 0.107 bits per heavy atom. The van der Waals surface area contributed by atoms with Gasteiger partial charge in [0.15, 0.2) is 0 Å². The number of benzene rings is 26. The summed E-state index contributed by atoms with van der Waals surface area (Å²) >= 11 is 0. The lowest BCUT2D eigenvalue weighted by atomic mass is 9.70. The first-order valence-electron chi connectivity index (χ1n) is 52.7. The van der Waals surface area contributed by atoms with Crippen LogP contribution in [0.25, 0.3) is 187 Å². The molecule has 150 heavy (non-hydrogen) atoms. The Morgan fingerprint density at radius 3 is 0.740 bits per heavy atom. The molecule has 690 valence electrons. The van der Waals surface area contributed by atoms with Gasteiger partial charge in [-0.15, -0.1) is 0 Å². The quantitative estimate of drug-likeness (QED) is 0.133. The standard InChI is InChI=1S/C148H88N2/c1-3-36-89(37-4-1)116-85-123-113-54-21-32-65-133(113)147(127-59-26-15-48-107(127)108-49-16-27-60-128(108)147)139(123)87-142(116)149(93-72-76-103-98-42-8-7-40-96(98)97-41-9-10-43-99(97)119(103)82-93)94-74-79-137-122(84-94)112-53-20-31-64-132(112)145(137)131-63-30-19-52-111(131)121-81-92(71-78-136(121)145)91-70-75-102-104-77-73-95(83-120(104)101-45-12-11-44-100(101)118(102)80-91)150(141-69-35-68-138-144(141)115-56-23-34-67-135(115)146(138)125-57-24-13-46-105(125)106-47-14-25-58-126(106)146)143-88-140-124(86-117(143)90-38-5-2-6-39-90)114-55-22-33-66-134(114)148(140)129-61-28-17-50-109(129)110-51-18-29-62-130(110)148/h1-88H. The molecular weight excluding hydrogens is 1810 g/mol. The Labute approximate surface area is 869 Å². The number of nitrogens with zero attached hydrogens (tertiary/aromatic N) is 2. The minimum atomic E-state index is -0.659. The maximum atomic E-state index is 2.69. The highest BCUT2D eigenvalue weighted by Gasteiger charge is 2.58. The third kappa shape index (κ3) is 10.4. The van der Waals surface area contributed by atoms with Gasteiger partial charge in [-0.05, 0) is 338 Å². The Hall–Kier alpha value is -19.1. The van der Waals surface area contributed by atoms with Crippen LogP contribution >= 0.6 is 0 Å². The van der Waals surface area contributed by atoms with Crippen molar-refractivity contribution >= 4 is 98.8 Å². The molecule has 0 fully saturated rings. The van der Waals surface area contributed by atoms with E-state index in [2.05, 4.69) is 544 Å². The first-order chi connectivity index (χ1) is 74.4. The van der Waals surface area contributed by atoms with Crippen molar-refractivity contribution in [3.63, 3.8) is 0 Å². The topological polar surface area (TPSA) is 6.48 Å². The van der Waals surface area contributed by atoms with Crippen LogP contribution < -0.4 is 9.80 Å². The van der Waals surface area contributed by atoms with Gasteiger partial charge in [-0.1, -0.05) is 455 Å². The van der Waals surface area contributed by atoms with Crippen molar-refractivity contribution in [1.82, 2.24) is 0 Å². The highest BCUT2D eigenvalue weighted by Crippen LogP contribution is 2.72. The van der Waals surface area contributed by atoms with Gasteiger partial charge >= 0.3 is 0 Å². The molecule has 0 saturated heterocycles. The molecule has 4 spiro atoms. The second-order valence-corrected chi connectivity index (χ2v) is 42.3. The van der Waals surface area contributed by atoms with Crippen LogP contribution in [-0.4, -0.2) is 0 Å². The van der Waals surface area contributed by atoms with Gasteiger partial charge in [0.25, 0.3) is 0 Å². The number of hydrogen-bond acceptors (Lipinski definition) is 2. The summed E-state index contributed by atoms with van der Waals surface area (Å²) in [6.07, 6.45) is 0. The van der Waals surface area contributed by atoms with E-state index < -0.39 is 21.7 Å². The predicted octanol–water partition coefficient (Wildman–Crippen LogP) is 37.9. The molecule has 8 aliphatic rings. The molecule has 26 aromatic rings. The Kier molecular flexibility index (Phi) is 16.6. The molecule has 0 radical (unpaired) electrons. The molecule has 8 aliphatic carbocycles. The van der Waals surface area contributed by atoms with Crippen molar-refractivity contribution in [3.05, 3.63) is 623 Å². The van der Waals surface area contributed by atoms with Crippen LogP contribution in [0.15, 0.2) is 534 Å². The minimum Gasteiger partial charge on any atom is -0.310 e. The smallest absolute Gasteiger partial charge is 0.0726 e. The monoisotopic (exact) mass is 1890 g/mol. The van der Waals surface area contributed by atoms with Gasteiger partial charge < -0.3 is 9.80 Å². The van der Waals surface area contributed by atoms with Crippen molar-refractivity contribution < 1.29 is 0 Å². The Morgan fingerprint density at radius 2 is 0.347 bits per heavy atom. The molecular formula is C148H88N2. The summed E-state index contributed by atoms with van der Waals surface area (Å²) in [5.74, 6) is 0. The van der Waals surface area contributed by atoms with Gasteiger partial charge in [0.1, 0.15) is 0 Å². The largest absolute Gasteiger partial charge is 0.310 e. The fraction of sp³-hybridized carbons (Fsp3) is 0.0270. The molecule has 1 unspecified atom stereocenters. The second kappa shape index (κ2) is 30.3. The molecule has 34 rings (SSSR count). The van der Waals surface area contributed by atoms with Gasteiger partial charge in [-0.3, -0.25) is 0 Å². The van der Waals surface area contributed by atoms with E-state index in [9.17, 15) is 0 Å². The SMILES string of the molecule is c1ccc(-c2cc3c(cc2N(c2ccc4c(c2)-c2ccccc2C42c4ccccc4-c4cc(-c5ccc6c7ccc(N(c8cc9c(cc8-c8ccccc8)-c8ccccc8C98c9ccccc9-c9ccccc98)c8cccc9c8-c8ccccc8C98c9ccccc9-c9ccccc98)cc7c7ccccc7c6c5)ccc42)c2ccc4c5ccccc5c5ccccc5c4c2)C2(c4ccccc4-c4ccccc42)c2ccccc2-3)cc1. The zero-order chi connectivity index (χ0) is 97.7. The van der Waals surface area contributed by atoms with Crippen LogP contribution in [0, 0.1) is 0 Å². The van der Waals surface area contributed by atoms with Gasteiger partial charge in [0, 0.05) is 33.8 Å². The third-order valence-electron chi connectivity index (χ3n) is 35.8. The summed E-state index contributed by atoms with van der Waals surface area (Å²) in [6, 6.07) is 206. The van der Waals surface area contributed by atoms with Crippen LogP contribution in [0.2, 0.25) is 0 Å². The van der Waals surface area contributed by atoms with E-state index in [1.807, 2.05) is 0 Å². The van der Waals surface area contributed by atoms with Crippen molar-refractivity contribution in [2.24, 2.45) is 0 Å². The molecule has 26 aromatic carbocycles. The summed E-state index contributed by atoms with van der Waals surface area (Å²) in [7, 11) is 0. The molecule has 2 heteroatoms. The van der Waals surface area contributed by atoms with Crippen LogP contribution in [0.5, 0.6) is 0 Å². The zero-order valence-corrected chi connectivity index (χ0v) is 81.7. The number of anilines is 6. The highest BCUT2D eigenvalue weighted by molar-refractivity contribution is 6.28. The molecule has 0 aromatic heterocycles. The summed E-state index contributed by atoms with van der Waals surface area (Å²) < 4.78 is 0. The second-order valence-electron chi connectivity index (χ2n) is 42.3. The van der Waals surface area contributed by atoms with Crippen LogP contribution in [0.3, 0.4) is 0 Å². The van der Waals surface area contributed by atoms with E-state index in [1.54, 1.807) is 0 Å². The highest BCUT2D eigenvalue weighted by atomic mass is 15.2. The van der Waals surface area contributed by atoms with Gasteiger partial charge in [0.2, 0.25) is 0 Å². The van der Waals surface area contributed by atoms with Gasteiger partial charge in [-0.25, -0.2) is 0 Å². The molecule has 1 atom stereocenters. The average Bonchev–Trinajstić information content (AvgIpc) is 1.51. The van der Waals surface area contributed by atoms with Crippen LogP contribution in [0.1, 0.15) is 89.0 Å². The Balaban J connectivity index is 0.558. The van der Waals surface area contributed by atoms with E-state index in [-0.39, 0.29) is 0 Å². The predicted molar refractivity (Wildman–Crippen MR) is 622 cm³/mol. The summed E-state index contributed by atoms with van der Waals surface area (Å²) in [5.41, 5.74) is 52.1. The lowest BCUT2D eigenvalue weighted by Crippen LogP contribution is -2.26. The maximum Gasteiger partial charge on any atom is 0.0726 e. The van der Waals surface area contributed by atoms with E-state index in [4.69, 9.17) is 0 Å². The molecule has 0 amide bonds. The van der Waals surface area contributed by atoms with Gasteiger partial charge in [0.05, 0.1) is 38.7 Å². The van der Waals surface area contributed by atoms with E-state index in [1.165, 1.54) is 254 Å². The number of fused-ring (bicyclic) bond motifs is 52. The van der Waals surface area contributed by atoms with E-state index >= 15 is 0 Å². The van der Waals surface area contributed by atoms with E-state index in [0.717, 1.165) is 56.4 Å². The third-order valence-corrected chi connectivity index (χ3v) is 35.8. The van der Waals surface area contributed by atoms with E-state index in [0.29, 0.717) is 0 Å². The molecule has 0 bridgehead atoms. The first kappa shape index (κ1) is 82.2. The fourth-order valence-electron chi connectivity index (χ4n) is 30.2. The summed E-state index contributed by atoms with van der Waals surface area (Å²) in [6.45, 7) is 0. The zero-order valence-electron chi connectivity index (χ0n) is 81.7. The maximum absolute atomic E-state index is 2.69. The summed E-state index contributed by atoms with van der Waals surface area (Å²) in [4.78, 5) is 5.32. The first-order valence-corrected chi connectivity index (χ1v) is 52.7. The lowest BCUT2D eigenvalue weighted by molar-refractivity contribution is 0.793. The van der Waals surface area contributed by atoms with Crippen molar-refractivity contribution in [3.8, 4) is 122 Å². The van der Waals surface area contributed by atoms with Gasteiger partial charge in [-0.2, -0.15) is 0 Å². The molecule has 0 saturated carbocycles. The fourth-order valence-corrected chi connectivity index (χ4v) is 30.2. The molecule has 0 heterocycles. The number of hydrogen-bond donors (Lipinski definition) is 0. The lowest BCUT2D eigenvalue weighted by Gasteiger charge is -2.34. The van der Waals surface area contributed by atoms with Crippen LogP contribution in [-0.2, 0) is 21.7 Å². The molecule has 0 aliphatic heterocycles. The average molecular weight is 1890 g/mol. The number of rotatable bonds is 9. The Bertz CT molecular complexity index is 10300. The summed E-state index contributed by atoms with van der Waals surface area (Å²) in [5, 5.41) is 14.6. The van der Waals surface area contributed by atoms with Crippen molar-refractivity contribution in [2.75, 3.05) is 9.80 Å². The normalized spacial score (nSPS) is 14.9. The molecule has 2 nitrogen and oxygen atoms in total. The van der Waals surface area contributed by atoms with Crippen molar-refractivity contribution in [1.29, 1.82) is 0 Å².